The van der Waals surface area contributed by atoms with Crippen LogP contribution in [0.3, 0.4) is 0 Å². The smallest absolute Gasteiger partial charge is 0.114 e. The minimum absolute atomic E-state index is 0. The largest absolute Gasteiger partial charge is 0.412 e. The zero-order chi connectivity index (χ0) is 0. The zero-order valence-corrected chi connectivity index (χ0v) is 5.35. The first-order valence-corrected chi connectivity index (χ1v) is 0. The van der Waals surface area contributed by atoms with Crippen LogP contribution in [0, 0.1) is 0 Å². The van der Waals surface area contributed by atoms with E-state index in [0.29, 0.717) is 0 Å². The van der Waals surface area contributed by atoms with Gasteiger partial charge < -0.3 is 21.9 Å². The van der Waals surface area contributed by atoms with Gasteiger partial charge in [0.15, 0.2) is 0 Å². The molecule has 0 aliphatic rings. The Morgan fingerprint density at radius 3 is 0.500 bits per heavy atom. The Hall–Kier alpha value is 0.610. The molecule has 0 aromatic rings. The Morgan fingerprint density at radius 2 is 0.500 bits per heavy atom. The molecule has 0 saturated heterocycles. The topological polar surface area (TPSA) is 126 Å². The van der Waals surface area contributed by atoms with Gasteiger partial charge in [0, 0.05) is 0 Å². The summed E-state index contributed by atoms with van der Waals surface area (Å²) in [6, 6.07) is 0. The zero-order valence-electron chi connectivity index (χ0n) is 2.82. The summed E-state index contributed by atoms with van der Waals surface area (Å²) in [6.07, 6.45) is 0. The first-order chi connectivity index (χ1) is 0. The van der Waals surface area contributed by atoms with Gasteiger partial charge in [-0.3, -0.25) is 0 Å². The van der Waals surface area contributed by atoms with Crippen molar-refractivity contribution in [2.45, 2.75) is 0 Å². The molecule has 0 amide bonds. The second-order valence-electron chi connectivity index (χ2n) is 0. The molecule has 0 fully saturated rings. The van der Waals surface area contributed by atoms with Gasteiger partial charge in [0.2, 0.25) is 0 Å². The first-order valence-electron chi connectivity index (χ1n) is 0. The van der Waals surface area contributed by atoms with Crippen LogP contribution >= 0.6 is 29.4 Å². The molecule has 0 heterocycles. The van der Waals surface area contributed by atoms with E-state index in [2.05, 4.69) is 0 Å². The van der Waals surface area contributed by atoms with E-state index in [1.807, 2.05) is 0 Å². The van der Waals surface area contributed by atoms with E-state index in [-0.39, 0.29) is 51.3 Å². The van der Waals surface area contributed by atoms with Gasteiger partial charge >= 0.3 is 0 Å². The highest BCUT2D eigenvalue weighted by Crippen LogP contribution is 0.846. The average molecular weight is 189 g/mol. The number of hydrogen-bond donors (Lipinski definition) is 0. The van der Waals surface area contributed by atoms with Crippen LogP contribution in [0.1, 0.15) is 0 Å². The summed E-state index contributed by atoms with van der Waals surface area (Å²) in [5.41, 5.74) is 0. The predicted octanol–water partition coefficient (Wildman–Crippen LogP) is -2.30. The third-order valence-corrected chi connectivity index (χ3v) is 0. The first kappa shape index (κ1) is 559. The summed E-state index contributed by atoms with van der Waals surface area (Å²) >= 11 is 0. The Kier molecular flexibility index (Phi) is 29900. The molecule has 0 spiro atoms. The lowest BCUT2D eigenvalue weighted by atomic mass is 16.0. The van der Waals surface area contributed by atoms with Gasteiger partial charge in [0.25, 0.3) is 0 Å². The molecule has 0 radical (unpaired) electrons. The second kappa shape index (κ2) is 320. The van der Waals surface area contributed by atoms with Crippen molar-refractivity contribution in [3.05, 3.63) is 0 Å². The van der Waals surface area contributed by atoms with Gasteiger partial charge in [-0.25, -0.2) is 0 Å². The van der Waals surface area contributed by atoms with Crippen molar-refractivity contribution in [3.63, 3.8) is 0 Å². The Bertz CT molecular complexity index is 7.51. The highest BCUT2D eigenvalue weighted by Gasteiger charge is -0.114. The molecule has 48 valence electrons. The quantitative estimate of drug-likeness (QED) is 0.406. The predicted molar refractivity (Wildman–Crippen MR) is 32.0 cm³/mol. The monoisotopic (exact) mass is 188 g/mol. The van der Waals surface area contributed by atoms with Crippen LogP contribution < -0.4 is 0 Å². The fraction of sp³-hybridized carbons (Fsp3) is 0. The molecule has 8 N–H and O–H groups in total. The van der Waals surface area contributed by atoms with E-state index in [0.717, 1.165) is 0 Å². The number of hydrogen-bond acceptors (Lipinski definition) is 0. The molecule has 0 aliphatic heterocycles. The molecule has 4 nitrogen and oxygen atoms in total. The van der Waals surface area contributed by atoms with E-state index >= 15 is 0 Å². The fourth-order valence-electron chi connectivity index (χ4n) is 0. The van der Waals surface area contributed by atoms with Crippen molar-refractivity contribution in [2.75, 3.05) is 0 Å². The fourth-order valence-corrected chi connectivity index (χ4v) is 0. The standard InChI is InChI=1S/BrH.ClH.4H2O/h2*1H;4*1H2. The SMILES string of the molecule is Br.Cl.O.O.O.O. The average Bonchev–Trinajstić information content (AvgIpc) is 0. The lowest BCUT2D eigenvalue weighted by Crippen LogP contribution is -0.290. The maximum Gasteiger partial charge on any atom is -0.114 e. The van der Waals surface area contributed by atoms with Crippen molar-refractivity contribution in [1.29, 1.82) is 0 Å². The van der Waals surface area contributed by atoms with Crippen LogP contribution in [0.15, 0.2) is 0 Å². The molecule has 6 heteroatoms. The molecule has 0 atom stereocenters. The van der Waals surface area contributed by atoms with Crippen LogP contribution in [0.4, 0.5) is 0 Å². The minimum atomic E-state index is 0. The van der Waals surface area contributed by atoms with Gasteiger partial charge in [-0.2, -0.15) is 0 Å². The maximum atomic E-state index is 0. The maximum absolute atomic E-state index is 0. The Morgan fingerprint density at radius 1 is 0.500 bits per heavy atom. The van der Waals surface area contributed by atoms with E-state index in [9.17, 15) is 0 Å². The summed E-state index contributed by atoms with van der Waals surface area (Å²) in [5.74, 6) is 0. The van der Waals surface area contributed by atoms with E-state index in [1.54, 1.807) is 0 Å². The molecule has 0 unspecified atom stereocenters. The molecule has 0 aliphatic carbocycles. The van der Waals surface area contributed by atoms with Crippen molar-refractivity contribution in [1.82, 2.24) is 0 Å². The van der Waals surface area contributed by atoms with Gasteiger partial charge in [-0.1, -0.05) is 0 Å². The second-order valence-corrected chi connectivity index (χ2v) is 0. The van der Waals surface area contributed by atoms with Crippen LogP contribution in [0.25, 0.3) is 0 Å². The van der Waals surface area contributed by atoms with Crippen molar-refractivity contribution in [2.24, 2.45) is 0 Å². The number of rotatable bonds is 0. The summed E-state index contributed by atoms with van der Waals surface area (Å²) in [4.78, 5) is 0. The van der Waals surface area contributed by atoms with Gasteiger partial charge in [-0.05, 0) is 0 Å². The molecule has 6 heavy (non-hydrogen) atoms. The minimum Gasteiger partial charge on any atom is -0.412 e. The number of halogens is 2. The highest BCUT2D eigenvalue weighted by molar-refractivity contribution is 8.93. The molecule has 0 aromatic heterocycles. The van der Waals surface area contributed by atoms with Crippen molar-refractivity contribution >= 4 is 29.4 Å². The van der Waals surface area contributed by atoms with Crippen molar-refractivity contribution in [3.8, 4) is 0 Å². The highest BCUT2D eigenvalue weighted by atomic mass is 79.9. The lowest BCUT2D eigenvalue weighted by Gasteiger charge is -0.413. The van der Waals surface area contributed by atoms with E-state index in [1.165, 1.54) is 0 Å². The third-order valence-electron chi connectivity index (χ3n) is 0. The molecule has 0 saturated carbocycles. The Balaban J connectivity index is 0. The molecule has 0 aromatic carbocycles. The van der Waals surface area contributed by atoms with Crippen LogP contribution in [0.2, 0.25) is 0 Å². The van der Waals surface area contributed by atoms with Gasteiger partial charge in [0.1, 0.15) is 0 Å². The summed E-state index contributed by atoms with van der Waals surface area (Å²) in [5, 5.41) is 0. The van der Waals surface area contributed by atoms with E-state index < -0.39 is 0 Å². The third kappa shape index (κ3) is 161. The normalized spacial score (nSPS) is 0. The summed E-state index contributed by atoms with van der Waals surface area (Å²) in [6.45, 7) is 0. The van der Waals surface area contributed by atoms with Crippen LogP contribution in [-0.4, -0.2) is 21.9 Å². The Labute approximate surface area is 52.0 Å². The molecular weight excluding hydrogens is 179 g/mol. The summed E-state index contributed by atoms with van der Waals surface area (Å²) in [7, 11) is 0. The molecule has 0 bridgehead atoms. The van der Waals surface area contributed by atoms with Crippen LogP contribution in [0.5, 0.6) is 0 Å². The van der Waals surface area contributed by atoms with Gasteiger partial charge in [0.05, 0.1) is 0 Å². The molecule has 0 rings (SSSR count). The van der Waals surface area contributed by atoms with Crippen molar-refractivity contribution < 1.29 is 21.9 Å². The van der Waals surface area contributed by atoms with Gasteiger partial charge in [-0.15, -0.1) is 29.4 Å². The van der Waals surface area contributed by atoms with Crippen LogP contribution in [-0.2, 0) is 0 Å². The summed E-state index contributed by atoms with van der Waals surface area (Å²) < 4.78 is 0. The lowest BCUT2D eigenvalue weighted by molar-refractivity contribution is 0.823. The van der Waals surface area contributed by atoms with E-state index in [4.69, 9.17) is 0 Å². The molecular formula is H10BrClO4.